The Hall–Kier alpha value is -2.22. The first-order valence-electron chi connectivity index (χ1n) is 10.3. The van der Waals surface area contributed by atoms with Crippen LogP contribution < -0.4 is 10.1 Å². The molecule has 0 radical (unpaired) electrons. The maximum Gasteiger partial charge on any atom is 0.281 e. The highest BCUT2D eigenvalue weighted by molar-refractivity contribution is 7.20. The van der Waals surface area contributed by atoms with Crippen LogP contribution in [0, 0.1) is 0 Å². The summed E-state index contributed by atoms with van der Waals surface area (Å²) in [5.74, 6) is 0.840. The summed E-state index contributed by atoms with van der Waals surface area (Å²) in [7, 11) is 0. The summed E-state index contributed by atoms with van der Waals surface area (Å²) in [6.45, 7) is 2.55. The summed E-state index contributed by atoms with van der Waals surface area (Å²) in [4.78, 5) is 22.6. The van der Waals surface area contributed by atoms with Gasteiger partial charge in [0, 0.05) is 37.8 Å². The minimum absolute atomic E-state index is 0.0791. The zero-order chi connectivity index (χ0) is 20.7. The fraction of sp³-hybridized carbons (Fsp3) is 0.409. The predicted molar refractivity (Wildman–Crippen MR) is 118 cm³/mol. The lowest BCUT2D eigenvalue weighted by Gasteiger charge is -2.39. The van der Waals surface area contributed by atoms with E-state index >= 15 is 0 Å². The second kappa shape index (κ2) is 8.13. The maximum atomic E-state index is 11.4. The average molecular weight is 443 g/mol. The maximum absolute atomic E-state index is 11.4. The van der Waals surface area contributed by atoms with Crippen LogP contribution in [-0.4, -0.2) is 38.9 Å². The summed E-state index contributed by atoms with van der Waals surface area (Å²) in [5.41, 5.74) is 1.92. The molecule has 3 aromatic rings. The van der Waals surface area contributed by atoms with Gasteiger partial charge in [-0.05, 0) is 49.4 Å². The van der Waals surface area contributed by atoms with E-state index in [0.29, 0.717) is 34.0 Å². The molecule has 1 unspecified atom stereocenters. The molecular formula is C22H23ClN4O2S. The number of carbonyl (C=O) groups excluding carboxylic acids is 1. The van der Waals surface area contributed by atoms with Crippen molar-refractivity contribution in [2.24, 2.45) is 0 Å². The number of carbonyl (C=O) groups is 1. The standard InChI is InChI=1S/C22H23ClN4O2S/c1-13(28)25-16-9-17-4-5-18(10-16)27(17)12-14-2-6-19(7-3-14)29-22-26-21-20(30-22)8-15(23)11-24-21/h2-3,6-8,11,16-18H,4-5,9-10,12H2,1H3,(H,25,28)/t16?,17-,18+. The van der Waals surface area contributed by atoms with Gasteiger partial charge in [0.25, 0.3) is 5.19 Å². The van der Waals surface area contributed by atoms with E-state index in [2.05, 4.69) is 32.3 Å². The van der Waals surface area contributed by atoms with Gasteiger partial charge in [-0.25, -0.2) is 4.98 Å². The summed E-state index contributed by atoms with van der Waals surface area (Å²) in [5, 5.41) is 4.27. The zero-order valence-electron chi connectivity index (χ0n) is 16.7. The third-order valence-corrected chi connectivity index (χ3v) is 7.06. The smallest absolute Gasteiger partial charge is 0.281 e. The topological polar surface area (TPSA) is 67.4 Å². The number of rotatable bonds is 5. The molecule has 156 valence electrons. The molecule has 2 aliphatic heterocycles. The van der Waals surface area contributed by atoms with Crippen molar-refractivity contribution >= 4 is 39.2 Å². The van der Waals surface area contributed by atoms with Gasteiger partial charge in [0.05, 0.1) is 9.72 Å². The Bertz CT molecular complexity index is 1060. The molecule has 2 bridgehead atoms. The van der Waals surface area contributed by atoms with Crippen LogP contribution in [0.2, 0.25) is 5.02 Å². The third-order valence-electron chi connectivity index (χ3n) is 5.98. The van der Waals surface area contributed by atoms with Gasteiger partial charge < -0.3 is 10.1 Å². The van der Waals surface area contributed by atoms with Crippen LogP contribution in [0.15, 0.2) is 36.5 Å². The van der Waals surface area contributed by atoms with Gasteiger partial charge in [0.1, 0.15) is 5.75 Å². The highest BCUT2D eigenvalue weighted by Gasteiger charge is 2.40. The quantitative estimate of drug-likeness (QED) is 0.616. The molecule has 1 amide bonds. The molecule has 30 heavy (non-hydrogen) atoms. The number of ether oxygens (including phenoxy) is 1. The monoisotopic (exact) mass is 442 g/mol. The zero-order valence-corrected chi connectivity index (χ0v) is 18.2. The first-order chi connectivity index (χ1) is 14.5. The number of aromatic nitrogens is 2. The number of thiazole rings is 1. The third kappa shape index (κ3) is 4.15. The number of nitrogens with zero attached hydrogens (tertiary/aromatic N) is 3. The first-order valence-corrected chi connectivity index (χ1v) is 11.4. The Morgan fingerprint density at radius 3 is 2.70 bits per heavy atom. The second-order valence-corrected chi connectivity index (χ2v) is 9.56. The number of pyridine rings is 1. The predicted octanol–water partition coefficient (Wildman–Crippen LogP) is 4.77. The number of fused-ring (bicyclic) bond motifs is 3. The fourth-order valence-corrected chi connectivity index (χ4v) is 5.79. The summed E-state index contributed by atoms with van der Waals surface area (Å²) < 4.78 is 6.83. The summed E-state index contributed by atoms with van der Waals surface area (Å²) >= 11 is 7.43. The number of hydrogen-bond acceptors (Lipinski definition) is 6. The van der Waals surface area contributed by atoms with Crippen molar-refractivity contribution in [2.45, 2.75) is 57.3 Å². The first kappa shape index (κ1) is 19.7. The van der Waals surface area contributed by atoms with Gasteiger partial charge >= 0.3 is 0 Å². The highest BCUT2D eigenvalue weighted by atomic mass is 35.5. The van der Waals surface area contributed by atoms with Gasteiger partial charge in [-0.15, -0.1) is 0 Å². The van der Waals surface area contributed by atoms with Crippen molar-refractivity contribution < 1.29 is 9.53 Å². The summed E-state index contributed by atoms with van der Waals surface area (Å²) in [6.07, 6.45) is 6.13. The number of halogens is 1. The van der Waals surface area contributed by atoms with Crippen LogP contribution in [0.25, 0.3) is 10.3 Å². The molecule has 3 atom stereocenters. The molecular weight excluding hydrogens is 420 g/mol. The number of benzene rings is 1. The Kier molecular flexibility index (Phi) is 5.35. The Morgan fingerprint density at radius 1 is 1.27 bits per heavy atom. The van der Waals surface area contributed by atoms with E-state index in [9.17, 15) is 4.79 Å². The molecule has 1 N–H and O–H groups in total. The van der Waals surface area contributed by atoms with E-state index in [1.54, 1.807) is 13.1 Å². The number of hydrogen-bond donors (Lipinski definition) is 1. The van der Waals surface area contributed by atoms with Crippen LogP contribution in [0.5, 0.6) is 10.9 Å². The van der Waals surface area contributed by atoms with E-state index in [1.807, 2.05) is 18.2 Å². The van der Waals surface area contributed by atoms with Crippen molar-refractivity contribution in [3.63, 3.8) is 0 Å². The number of piperidine rings is 1. The van der Waals surface area contributed by atoms with Crippen molar-refractivity contribution in [3.05, 3.63) is 47.1 Å². The molecule has 0 aliphatic carbocycles. The van der Waals surface area contributed by atoms with Gasteiger partial charge in [-0.3, -0.25) is 9.69 Å². The van der Waals surface area contributed by atoms with Gasteiger partial charge in [0.2, 0.25) is 5.91 Å². The van der Waals surface area contributed by atoms with Gasteiger partial charge in [0.15, 0.2) is 5.65 Å². The average Bonchev–Trinajstić information content (AvgIpc) is 3.19. The lowest BCUT2D eigenvalue weighted by atomic mass is 9.96. The molecule has 6 nitrogen and oxygen atoms in total. The molecule has 8 heteroatoms. The molecule has 1 aromatic carbocycles. The molecule has 0 spiro atoms. The van der Waals surface area contributed by atoms with E-state index in [-0.39, 0.29) is 5.91 Å². The van der Waals surface area contributed by atoms with Gasteiger partial charge in [-0.1, -0.05) is 35.1 Å². The summed E-state index contributed by atoms with van der Waals surface area (Å²) in [6, 6.07) is 11.5. The lowest BCUT2D eigenvalue weighted by Crippen LogP contribution is -2.49. The molecule has 2 aromatic heterocycles. The van der Waals surface area contributed by atoms with Crippen molar-refractivity contribution in [3.8, 4) is 10.9 Å². The molecule has 2 saturated heterocycles. The highest BCUT2D eigenvalue weighted by Crippen LogP contribution is 2.37. The Balaban J connectivity index is 1.23. The Labute approximate surface area is 184 Å². The minimum Gasteiger partial charge on any atom is -0.431 e. The molecule has 2 aliphatic rings. The van der Waals surface area contributed by atoms with E-state index in [4.69, 9.17) is 16.3 Å². The molecule has 0 saturated carbocycles. The van der Waals surface area contributed by atoms with Crippen LogP contribution in [0.3, 0.4) is 0 Å². The van der Waals surface area contributed by atoms with Crippen molar-refractivity contribution in [2.75, 3.05) is 0 Å². The number of amides is 1. The minimum atomic E-state index is 0.0791. The SMILES string of the molecule is CC(=O)NC1C[C@H]2CC[C@@H](C1)N2Cc1ccc(Oc2nc3ncc(Cl)cc3s2)cc1. The molecule has 4 heterocycles. The van der Waals surface area contributed by atoms with Crippen LogP contribution in [0.4, 0.5) is 0 Å². The normalized spacial score (nSPS) is 23.6. The van der Waals surface area contributed by atoms with Crippen molar-refractivity contribution in [1.82, 2.24) is 20.2 Å². The van der Waals surface area contributed by atoms with Crippen molar-refractivity contribution in [1.29, 1.82) is 0 Å². The Morgan fingerprint density at radius 2 is 2.00 bits per heavy atom. The molecule has 5 rings (SSSR count). The van der Waals surface area contributed by atoms with Crippen LogP contribution in [0.1, 0.15) is 38.2 Å². The van der Waals surface area contributed by atoms with E-state index in [0.717, 1.165) is 29.8 Å². The fourth-order valence-electron chi connectivity index (χ4n) is 4.73. The van der Waals surface area contributed by atoms with Crippen LogP contribution in [-0.2, 0) is 11.3 Å². The van der Waals surface area contributed by atoms with E-state index in [1.165, 1.54) is 29.7 Å². The number of nitrogens with one attached hydrogen (secondary N) is 1. The van der Waals surface area contributed by atoms with Gasteiger partial charge in [-0.2, -0.15) is 4.98 Å². The second-order valence-electron chi connectivity index (χ2n) is 8.13. The lowest BCUT2D eigenvalue weighted by molar-refractivity contribution is -0.120. The van der Waals surface area contributed by atoms with E-state index < -0.39 is 0 Å². The largest absolute Gasteiger partial charge is 0.431 e. The van der Waals surface area contributed by atoms with Crippen LogP contribution >= 0.6 is 22.9 Å². The molecule has 2 fully saturated rings.